The van der Waals surface area contributed by atoms with Crippen LogP contribution in [-0.2, 0) is 19.3 Å². The number of carbonyl (C=O) groups excluding carboxylic acids is 1. The number of rotatable bonds is 3. The van der Waals surface area contributed by atoms with Gasteiger partial charge in [0.2, 0.25) is 0 Å². The van der Waals surface area contributed by atoms with Crippen LogP contribution in [-0.4, -0.2) is 18.1 Å². The molecule has 3 aromatic rings. The van der Waals surface area contributed by atoms with E-state index >= 15 is 0 Å². The van der Waals surface area contributed by atoms with Crippen molar-refractivity contribution in [2.75, 3.05) is 11.9 Å². The Morgan fingerprint density at radius 3 is 2.96 bits per heavy atom. The number of benzene rings is 1. The third-order valence-corrected chi connectivity index (χ3v) is 5.60. The van der Waals surface area contributed by atoms with Crippen molar-refractivity contribution in [3.63, 3.8) is 0 Å². The van der Waals surface area contributed by atoms with Crippen LogP contribution in [0.25, 0.3) is 11.3 Å². The Morgan fingerprint density at radius 2 is 2.12 bits per heavy atom. The number of fused-ring (bicyclic) bond motifs is 3. The lowest BCUT2D eigenvalue weighted by atomic mass is 9.95. The van der Waals surface area contributed by atoms with Crippen LogP contribution in [0.1, 0.15) is 33.4 Å². The Hall–Kier alpha value is -2.40. The largest absolute Gasteiger partial charge is 0.355 e. The first-order valence-corrected chi connectivity index (χ1v) is 9.00. The van der Waals surface area contributed by atoms with Crippen LogP contribution in [0.3, 0.4) is 0 Å². The van der Waals surface area contributed by atoms with E-state index in [1.807, 2.05) is 24.3 Å². The highest BCUT2D eigenvalue weighted by Gasteiger charge is 2.30. The topological polar surface area (TPSA) is 46.3 Å². The molecule has 2 aromatic heterocycles. The molecule has 0 saturated heterocycles. The van der Waals surface area contributed by atoms with Crippen molar-refractivity contribution in [2.24, 2.45) is 0 Å². The van der Waals surface area contributed by atoms with Gasteiger partial charge in [-0.1, -0.05) is 30.3 Å². The Balaban J connectivity index is 1.72. The fraction of sp³-hybridized carbons (Fsp3) is 0.263. The zero-order valence-electron chi connectivity index (χ0n) is 13.7. The van der Waals surface area contributed by atoms with Gasteiger partial charge < -0.3 is 9.42 Å². The molecule has 1 aliphatic carbocycles. The highest BCUT2D eigenvalue weighted by atomic mass is 32.1. The van der Waals surface area contributed by atoms with Gasteiger partial charge in [-0.05, 0) is 42.3 Å². The van der Waals surface area contributed by atoms with Crippen molar-refractivity contribution in [2.45, 2.75) is 26.2 Å². The van der Waals surface area contributed by atoms with E-state index in [1.54, 1.807) is 23.3 Å². The number of para-hydroxylation sites is 1. The van der Waals surface area contributed by atoms with Crippen LogP contribution in [0.4, 0.5) is 5.69 Å². The molecule has 4 nitrogen and oxygen atoms in total. The Kier molecular flexibility index (Phi) is 3.73. The minimum atomic E-state index is -0.112. The summed E-state index contributed by atoms with van der Waals surface area (Å²) in [5.74, 6) is 0.651. The molecule has 0 radical (unpaired) electrons. The molecule has 0 aliphatic heterocycles. The third kappa shape index (κ3) is 2.27. The second kappa shape index (κ2) is 5.91. The average Bonchev–Trinajstić information content (AvgIpc) is 3.26. The molecule has 0 bridgehead atoms. The molecule has 0 fully saturated rings. The summed E-state index contributed by atoms with van der Waals surface area (Å²) < 4.78 is 5.54. The molecule has 0 N–H and O–H groups in total. The van der Waals surface area contributed by atoms with Gasteiger partial charge in [-0.25, -0.2) is 0 Å². The molecule has 1 aliphatic rings. The van der Waals surface area contributed by atoms with Gasteiger partial charge in [0.15, 0.2) is 11.5 Å². The zero-order valence-corrected chi connectivity index (χ0v) is 14.5. The van der Waals surface area contributed by atoms with Gasteiger partial charge in [-0.15, -0.1) is 11.3 Å². The fourth-order valence-electron chi connectivity index (χ4n) is 3.30. The number of anilines is 1. The number of nitrogens with zero attached hydrogens (tertiary/aromatic N) is 2. The van der Waals surface area contributed by atoms with Gasteiger partial charge in [-0.3, -0.25) is 4.79 Å². The van der Waals surface area contributed by atoms with Gasteiger partial charge in [0.25, 0.3) is 5.91 Å². The molecule has 5 heteroatoms. The smallest absolute Gasteiger partial charge is 0.280 e. The van der Waals surface area contributed by atoms with Crippen molar-refractivity contribution < 1.29 is 9.32 Å². The van der Waals surface area contributed by atoms with Crippen molar-refractivity contribution in [3.05, 3.63) is 57.4 Å². The van der Waals surface area contributed by atoms with Crippen molar-refractivity contribution in [3.8, 4) is 11.3 Å². The second-order valence-electron chi connectivity index (χ2n) is 5.94. The monoisotopic (exact) mass is 338 g/mol. The standard InChI is InChI=1S/C19H18N2O2S/c1-3-12-6-4-5-7-15(12)21(2)19(22)17-14-8-9-16-13(10-11-24-16)18(14)23-20-17/h4-7,10-11H,3,8-9H2,1-2H3. The first kappa shape index (κ1) is 15.1. The van der Waals surface area contributed by atoms with Crippen LogP contribution in [0, 0.1) is 0 Å². The minimum absolute atomic E-state index is 0.112. The van der Waals surface area contributed by atoms with Crippen LogP contribution >= 0.6 is 11.3 Å². The van der Waals surface area contributed by atoms with Crippen LogP contribution < -0.4 is 4.90 Å². The summed E-state index contributed by atoms with van der Waals surface area (Å²) in [4.78, 5) is 16.0. The van der Waals surface area contributed by atoms with E-state index in [0.717, 1.165) is 47.4 Å². The lowest BCUT2D eigenvalue weighted by Gasteiger charge is -2.20. The predicted molar refractivity (Wildman–Crippen MR) is 95.8 cm³/mol. The molecule has 0 saturated carbocycles. The first-order valence-electron chi connectivity index (χ1n) is 8.12. The molecule has 0 unspecified atom stereocenters. The van der Waals surface area contributed by atoms with Crippen molar-refractivity contribution >= 4 is 22.9 Å². The van der Waals surface area contributed by atoms with Crippen LogP contribution in [0.15, 0.2) is 40.2 Å². The fourth-order valence-corrected chi connectivity index (χ4v) is 4.18. The van der Waals surface area contributed by atoms with Gasteiger partial charge >= 0.3 is 0 Å². The molecule has 1 aromatic carbocycles. The maximum absolute atomic E-state index is 13.0. The molecule has 122 valence electrons. The van der Waals surface area contributed by atoms with Crippen LogP contribution in [0.2, 0.25) is 0 Å². The van der Waals surface area contributed by atoms with Crippen molar-refractivity contribution in [1.29, 1.82) is 0 Å². The normalized spacial score (nSPS) is 12.6. The van der Waals surface area contributed by atoms with E-state index in [1.165, 1.54) is 4.88 Å². The number of thiophene rings is 1. The maximum Gasteiger partial charge on any atom is 0.280 e. The zero-order chi connectivity index (χ0) is 16.7. The average molecular weight is 338 g/mol. The Labute approximate surface area is 144 Å². The SMILES string of the molecule is CCc1ccccc1N(C)C(=O)c1noc2c1CCc1sccc1-2. The molecule has 24 heavy (non-hydrogen) atoms. The molecule has 2 heterocycles. The third-order valence-electron chi connectivity index (χ3n) is 4.62. The number of hydrogen-bond donors (Lipinski definition) is 0. The molecule has 4 rings (SSSR count). The maximum atomic E-state index is 13.0. The minimum Gasteiger partial charge on any atom is -0.355 e. The van der Waals surface area contributed by atoms with E-state index in [9.17, 15) is 4.79 Å². The summed E-state index contributed by atoms with van der Waals surface area (Å²) in [7, 11) is 1.80. The van der Waals surface area contributed by atoms with E-state index < -0.39 is 0 Å². The number of amides is 1. The number of hydrogen-bond acceptors (Lipinski definition) is 4. The summed E-state index contributed by atoms with van der Waals surface area (Å²) in [5, 5.41) is 6.18. The summed E-state index contributed by atoms with van der Waals surface area (Å²) in [6.07, 6.45) is 2.62. The summed E-state index contributed by atoms with van der Waals surface area (Å²) >= 11 is 1.73. The van der Waals surface area contributed by atoms with Crippen molar-refractivity contribution in [1.82, 2.24) is 5.16 Å². The van der Waals surface area contributed by atoms with Gasteiger partial charge in [0, 0.05) is 28.7 Å². The van der Waals surface area contributed by atoms with E-state index in [2.05, 4.69) is 23.5 Å². The molecule has 0 spiro atoms. The lowest BCUT2D eigenvalue weighted by molar-refractivity contribution is 0.0983. The summed E-state index contributed by atoms with van der Waals surface area (Å²) in [5.41, 5.74) is 4.53. The predicted octanol–water partition coefficient (Wildman–Crippen LogP) is 4.34. The summed E-state index contributed by atoms with van der Waals surface area (Å²) in [6, 6.07) is 10.0. The second-order valence-corrected chi connectivity index (χ2v) is 6.94. The van der Waals surface area contributed by atoms with E-state index in [-0.39, 0.29) is 5.91 Å². The highest BCUT2D eigenvalue weighted by Crippen LogP contribution is 2.38. The Morgan fingerprint density at radius 1 is 1.29 bits per heavy atom. The lowest BCUT2D eigenvalue weighted by Crippen LogP contribution is -2.28. The summed E-state index contributed by atoms with van der Waals surface area (Å²) in [6.45, 7) is 2.09. The quantitative estimate of drug-likeness (QED) is 0.713. The molecular formula is C19H18N2O2S. The van der Waals surface area contributed by atoms with E-state index in [0.29, 0.717) is 5.69 Å². The molecule has 1 amide bonds. The highest BCUT2D eigenvalue weighted by molar-refractivity contribution is 7.10. The number of aromatic nitrogens is 1. The van der Waals surface area contributed by atoms with Gasteiger partial charge in [0.1, 0.15) is 0 Å². The first-order chi connectivity index (χ1) is 11.7. The molecular weight excluding hydrogens is 320 g/mol. The number of aryl methyl sites for hydroxylation is 2. The molecule has 0 atom stereocenters. The van der Waals surface area contributed by atoms with E-state index in [4.69, 9.17) is 4.52 Å². The Bertz CT molecular complexity index is 910. The van der Waals surface area contributed by atoms with Gasteiger partial charge in [-0.2, -0.15) is 0 Å². The van der Waals surface area contributed by atoms with Crippen LogP contribution in [0.5, 0.6) is 0 Å². The van der Waals surface area contributed by atoms with Gasteiger partial charge in [0.05, 0.1) is 0 Å². The number of carbonyl (C=O) groups is 1.